The predicted molar refractivity (Wildman–Crippen MR) is 140 cm³/mol. The van der Waals surface area contributed by atoms with Gasteiger partial charge in [-0.15, -0.1) is 0 Å². The fraction of sp³-hybridized carbons (Fsp3) is 0.407. The van der Waals surface area contributed by atoms with Gasteiger partial charge in [-0.3, -0.25) is 15.0 Å². The lowest BCUT2D eigenvalue weighted by molar-refractivity contribution is -0.143. The average Bonchev–Trinajstić information content (AvgIpc) is 2.93. The largest absolute Gasteiger partial charge is 0.497 e. The van der Waals surface area contributed by atoms with Gasteiger partial charge in [0.15, 0.2) is 11.6 Å². The van der Waals surface area contributed by atoms with Crippen LogP contribution in [0.5, 0.6) is 5.75 Å². The highest BCUT2D eigenvalue weighted by Gasteiger charge is 2.41. The number of halogens is 4. The van der Waals surface area contributed by atoms with Gasteiger partial charge >= 0.3 is 0 Å². The lowest BCUT2D eigenvalue weighted by Gasteiger charge is -2.40. The number of pyridine rings is 1. The summed E-state index contributed by atoms with van der Waals surface area (Å²) in [7, 11) is 1.54. The van der Waals surface area contributed by atoms with Crippen molar-refractivity contribution >= 4 is 34.1 Å². The third-order valence-corrected chi connectivity index (χ3v) is 7.73. The van der Waals surface area contributed by atoms with Crippen LogP contribution in [0.25, 0.3) is 10.9 Å². The number of carbonyl (C=O) groups excluding carboxylic acids is 1. The number of amides is 1. The van der Waals surface area contributed by atoms with E-state index in [-0.39, 0.29) is 19.4 Å². The van der Waals surface area contributed by atoms with Crippen LogP contribution in [0.3, 0.4) is 0 Å². The Hall–Kier alpha value is -3.12. The van der Waals surface area contributed by atoms with Crippen molar-refractivity contribution < 1.29 is 33.0 Å². The minimum absolute atomic E-state index is 0.203. The van der Waals surface area contributed by atoms with E-state index in [1.54, 1.807) is 23.7 Å². The number of carbonyl (C=O) groups is 1. The fourth-order valence-electron chi connectivity index (χ4n) is 5.15. The molecule has 0 bridgehead atoms. The number of hydrogen-bond donors (Lipinski definition) is 4. The minimum atomic E-state index is -1.01. The van der Waals surface area contributed by atoms with E-state index >= 15 is 0 Å². The van der Waals surface area contributed by atoms with Crippen LogP contribution >= 0.6 is 11.6 Å². The number of methoxy groups -OCH3 is 1. The van der Waals surface area contributed by atoms with Crippen molar-refractivity contribution in [3.63, 3.8) is 0 Å². The van der Waals surface area contributed by atoms with Crippen LogP contribution in [-0.2, 0) is 4.79 Å². The van der Waals surface area contributed by atoms with E-state index in [0.29, 0.717) is 71.8 Å². The molecule has 1 atom stereocenters. The summed E-state index contributed by atoms with van der Waals surface area (Å²) in [5, 5.41) is 24.2. The van der Waals surface area contributed by atoms with Crippen molar-refractivity contribution in [2.75, 3.05) is 38.6 Å². The van der Waals surface area contributed by atoms with Gasteiger partial charge in [0.05, 0.1) is 29.2 Å². The van der Waals surface area contributed by atoms with Gasteiger partial charge in [0.2, 0.25) is 5.91 Å². The van der Waals surface area contributed by atoms with Gasteiger partial charge in [-0.1, -0.05) is 11.6 Å². The number of piperidine rings is 1. The van der Waals surface area contributed by atoms with E-state index < -0.39 is 40.6 Å². The molecule has 1 aliphatic rings. The number of hydroxylamine groups is 1. The van der Waals surface area contributed by atoms with E-state index in [2.05, 4.69) is 10.3 Å². The Morgan fingerprint density at radius 1 is 1.21 bits per heavy atom. The highest BCUT2D eigenvalue weighted by molar-refractivity contribution is 6.32. The normalized spacial score (nSPS) is 16.2. The Labute approximate surface area is 228 Å². The molecule has 3 aromatic rings. The smallest absolute Gasteiger partial charge is 0.249 e. The standard InChI is InChI=1S/C27H30ClF3N4O4/c1-39-17-2-3-22-18(14-17)24(19(28)15-33-22)23(36)4-5-27(26(37)34-38)6-9-35(10-7-27)11-8-32-25-20(30)12-16(29)13-21(25)31/h2-3,12-15,23,32,36,38H,4-11H2,1H3,(H,34,37). The summed E-state index contributed by atoms with van der Waals surface area (Å²) in [6, 6.07) is 6.50. The Bertz CT molecular complexity index is 1310. The maximum absolute atomic E-state index is 13.9. The van der Waals surface area contributed by atoms with E-state index in [0.717, 1.165) is 0 Å². The molecular weight excluding hydrogens is 537 g/mol. The van der Waals surface area contributed by atoms with Crippen LogP contribution in [0.15, 0.2) is 36.5 Å². The number of aromatic nitrogens is 1. The van der Waals surface area contributed by atoms with Crippen molar-refractivity contribution in [1.82, 2.24) is 15.4 Å². The number of likely N-dealkylation sites (tertiary alicyclic amines) is 1. The molecule has 8 nitrogen and oxygen atoms in total. The molecule has 210 valence electrons. The number of aliphatic hydroxyl groups excluding tert-OH is 1. The first-order valence-corrected chi connectivity index (χ1v) is 12.9. The Morgan fingerprint density at radius 2 is 1.90 bits per heavy atom. The highest BCUT2D eigenvalue weighted by Crippen LogP contribution is 2.41. The van der Waals surface area contributed by atoms with E-state index in [9.17, 15) is 28.3 Å². The van der Waals surface area contributed by atoms with Gasteiger partial charge in [0.25, 0.3) is 0 Å². The van der Waals surface area contributed by atoms with E-state index in [1.165, 1.54) is 13.3 Å². The lowest BCUT2D eigenvalue weighted by Crippen LogP contribution is -2.49. The molecule has 0 spiro atoms. The zero-order valence-electron chi connectivity index (χ0n) is 21.3. The summed E-state index contributed by atoms with van der Waals surface area (Å²) in [5.74, 6) is -2.96. The van der Waals surface area contributed by atoms with Crippen LogP contribution in [0.1, 0.15) is 37.4 Å². The molecular formula is C27H30ClF3N4O4. The van der Waals surface area contributed by atoms with Gasteiger partial charge in [-0.2, -0.15) is 0 Å². The number of hydrogen-bond acceptors (Lipinski definition) is 7. The Morgan fingerprint density at radius 3 is 2.54 bits per heavy atom. The zero-order chi connectivity index (χ0) is 28.2. The Kier molecular flexibility index (Phi) is 9.16. The molecule has 1 amide bonds. The van der Waals surface area contributed by atoms with Gasteiger partial charge in [0.1, 0.15) is 17.3 Å². The molecule has 4 N–H and O–H groups in total. The van der Waals surface area contributed by atoms with Crippen LogP contribution < -0.4 is 15.5 Å². The number of nitrogens with zero attached hydrogens (tertiary/aromatic N) is 2. The van der Waals surface area contributed by atoms with Crippen molar-refractivity contribution in [3.8, 4) is 5.75 Å². The van der Waals surface area contributed by atoms with Crippen molar-refractivity contribution in [3.05, 3.63) is 64.6 Å². The van der Waals surface area contributed by atoms with E-state index in [4.69, 9.17) is 16.3 Å². The van der Waals surface area contributed by atoms with Gasteiger partial charge in [-0.25, -0.2) is 18.7 Å². The van der Waals surface area contributed by atoms with Crippen molar-refractivity contribution in [2.24, 2.45) is 5.41 Å². The molecule has 0 saturated carbocycles. The molecule has 2 heterocycles. The van der Waals surface area contributed by atoms with Crippen LogP contribution in [0, 0.1) is 22.9 Å². The third kappa shape index (κ3) is 6.38. The molecule has 1 saturated heterocycles. The minimum Gasteiger partial charge on any atom is -0.497 e. The third-order valence-electron chi connectivity index (χ3n) is 7.43. The van der Waals surface area contributed by atoms with Crippen molar-refractivity contribution in [1.29, 1.82) is 0 Å². The number of rotatable bonds is 10. The van der Waals surface area contributed by atoms with Crippen molar-refractivity contribution in [2.45, 2.75) is 31.8 Å². The average molecular weight is 567 g/mol. The topological polar surface area (TPSA) is 107 Å². The molecule has 0 radical (unpaired) electrons. The van der Waals surface area contributed by atoms with Crippen LogP contribution in [-0.4, -0.2) is 59.4 Å². The monoisotopic (exact) mass is 566 g/mol. The summed E-state index contributed by atoms with van der Waals surface area (Å²) >= 11 is 6.42. The molecule has 2 aromatic carbocycles. The number of benzene rings is 2. The summed E-state index contributed by atoms with van der Waals surface area (Å²) in [6.07, 6.45) is 1.74. The van der Waals surface area contributed by atoms with Crippen LogP contribution in [0.4, 0.5) is 18.9 Å². The summed E-state index contributed by atoms with van der Waals surface area (Å²) in [6.45, 7) is 1.59. The first-order chi connectivity index (χ1) is 18.7. The number of nitrogens with one attached hydrogen (secondary N) is 2. The quantitative estimate of drug-likeness (QED) is 0.206. The second-order valence-electron chi connectivity index (χ2n) is 9.69. The highest BCUT2D eigenvalue weighted by atomic mass is 35.5. The lowest BCUT2D eigenvalue weighted by atomic mass is 9.73. The maximum Gasteiger partial charge on any atom is 0.249 e. The molecule has 39 heavy (non-hydrogen) atoms. The zero-order valence-corrected chi connectivity index (χ0v) is 22.1. The Balaban J connectivity index is 1.40. The second kappa shape index (κ2) is 12.4. The molecule has 4 rings (SSSR count). The SMILES string of the molecule is COc1ccc2ncc(Cl)c(C(O)CCC3(C(=O)NO)CCN(CCNc4c(F)cc(F)cc4F)CC3)c2c1. The number of anilines is 1. The second-order valence-corrected chi connectivity index (χ2v) is 10.1. The first-order valence-electron chi connectivity index (χ1n) is 12.5. The summed E-state index contributed by atoms with van der Waals surface area (Å²) in [5.41, 5.74) is 1.58. The van der Waals surface area contributed by atoms with Gasteiger partial charge < -0.3 is 20.1 Å². The predicted octanol–water partition coefficient (Wildman–Crippen LogP) is 4.83. The molecule has 1 aromatic heterocycles. The summed E-state index contributed by atoms with van der Waals surface area (Å²) < 4.78 is 46.2. The summed E-state index contributed by atoms with van der Waals surface area (Å²) in [4.78, 5) is 19.1. The number of aliphatic hydroxyl groups is 1. The van der Waals surface area contributed by atoms with Gasteiger partial charge in [0, 0.05) is 42.4 Å². The number of ether oxygens (including phenoxy) is 1. The molecule has 1 fully saturated rings. The first kappa shape index (κ1) is 28.9. The molecule has 0 aliphatic carbocycles. The van der Waals surface area contributed by atoms with Crippen LogP contribution in [0.2, 0.25) is 5.02 Å². The molecule has 1 unspecified atom stereocenters. The molecule has 12 heteroatoms. The molecule has 1 aliphatic heterocycles. The van der Waals surface area contributed by atoms with Gasteiger partial charge in [-0.05, 0) is 57.0 Å². The van der Waals surface area contributed by atoms with E-state index in [1.807, 2.05) is 4.90 Å². The maximum atomic E-state index is 13.9. The fourth-order valence-corrected chi connectivity index (χ4v) is 5.43. The number of fused-ring (bicyclic) bond motifs is 1.